The Labute approximate surface area is 118 Å². The van der Waals surface area contributed by atoms with Crippen LogP contribution in [0.1, 0.15) is 17.4 Å². The van der Waals surface area contributed by atoms with Gasteiger partial charge in [0.1, 0.15) is 5.82 Å². The molecule has 0 bridgehead atoms. The number of carbonyl (C=O) groups excluding carboxylic acids is 1. The van der Waals surface area contributed by atoms with Crippen LogP contribution >= 0.6 is 11.6 Å². The lowest BCUT2D eigenvalue weighted by atomic mass is 10.3. The first-order chi connectivity index (χ1) is 9.52. The van der Waals surface area contributed by atoms with Crippen LogP contribution in [0.25, 0.3) is 5.69 Å². The fraction of sp³-hybridized carbons (Fsp3) is 0.154. The predicted octanol–water partition coefficient (Wildman–Crippen LogP) is 2.20. The molecule has 0 aliphatic carbocycles. The summed E-state index contributed by atoms with van der Waals surface area (Å²) in [6, 6.07) is 4.87. The second-order valence-corrected chi connectivity index (χ2v) is 4.20. The smallest absolute Gasteiger partial charge is 0.362 e. The Morgan fingerprint density at radius 1 is 1.45 bits per heavy atom. The first kappa shape index (κ1) is 14.2. The van der Waals surface area contributed by atoms with Crippen molar-refractivity contribution in [2.75, 3.05) is 6.61 Å². The number of esters is 1. The summed E-state index contributed by atoms with van der Waals surface area (Å²) in [5, 5.41) is 3.98. The fourth-order valence-corrected chi connectivity index (χ4v) is 1.80. The summed E-state index contributed by atoms with van der Waals surface area (Å²) in [4.78, 5) is 23.2. The Kier molecular flexibility index (Phi) is 4.14. The molecular weight excluding hydrogens is 287 g/mol. The molecule has 0 N–H and O–H groups in total. The average molecular weight is 297 g/mol. The van der Waals surface area contributed by atoms with Gasteiger partial charge in [-0.3, -0.25) is 4.79 Å². The van der Waals surface area contributed by atoms with Crippen LogP contribution < -0.4 is 5.43 Å². The number of hydrogen-bond donors (Lipinski definition) is 0. The van der Waals surface area contributed by atoms with Gasteiger partial charge in [-0.1, -0.05) is 11.6 Å². The van der Waals surface area contributed by atoms with Crippen molar-refractivity contribution in [1.82, 2.24) is 9.78 Å². The van der Waals surface area contributed by atoms with E-state index in [0.29, 0.717) is 5.69 Å². The van der Waals surface area contributed by atoms with Crippen molar-refractivity contribution in [2.45, 2.75) is 6.92 Å². The molecule has 0 unspecified atom stereocenters. The minimum Gasteiger partial charge on any atom is -0.461 e. The third-order valence-corrected chi connectivity index (χ3v) is 2.74. The Bertz CT molecular complexity index is 715. The molecule has 0 aliphatic rings. The standard InChI is InChI=1S/C13H10ClFN2O3/c1-2-20-13(19)12-11(18)5-6-17(16-12)10-4-3-8(15)7-9(10)14/h3-7H,2H2,1H3. The van der Waals surface area contributed by atoms with Gasteiger partial charge in [-0.25, -0.2) is 13.9 Å². The quantitative estimate of drug-likeness (QED) is 0.815. The van der Waals surface area contributed by atoms with Crippen molar-refractivity contribution in [1.29, 1.82) is 0 Å². The van der Waals surface area contributed by atoms with Gasteiger partial charge >= 0.3 is 5.97 Å². The molecule has 0 saturated carbocycles. The molecule has 7 heteroatoms. The number of carbonyl (C=O) groups is 1. The number of halogens is 2. The highest BCUT2D eigenvalue weighted by Gasteiger charge is 2.15. The molecule has 0 spiro atoms. The van der Waals surface area contributed by atoms with Gasteiger partial charge in [0.25, 0.3) is 0 Å². The summed E-state index contributed by atoms with van der Waals surface area (Å²) in [5.41, 5.74) is -0.564. The number of ether oxygens (including phenoxy) is 1. The largest absolute Gasteiger partial charge is 0.461 e. The number of rotatable bonds is 3. The molecule has 104 valence electrons. The van der Waals surface area contributed by atoms with Crippen molar-refractivity contribution in [3.8, 4) is 5.69 Å². The number of aromatic nitrogens is 2. The molecule has 0 aliphatic heterocycles. The van der Waals surface area contributed by atoms with Crippen LogP contribution in [0.5, 0.6) is 0 Å². The summed E-state index contributed by atoms with van der Waals surface area (Å²) in [6.45, 7) is 1.75. The Balaban J connectivity index is 2.51. The monoisotopic (exact) mass is 296 g/mol. The van der Waals surface area contributed by atoms with Crippen LogP contribution in [0.2, 0.25) is 5.02 Å². The molecule has 5 nitrogen and oxygen atoms in total. The van der Waals surface area contributed by atoms with Gasteiger partial charge in [-0.2, -0.15) is 5.10 Å². The van der Waals surface area contributed by atoms with E-state index in [4.69, 9.17) is 16.3 Å². The van der Waals surface area contributed by atoms with Crippen LogP contribution in [0.3, 0.4) is 0 Å². The number of benzene rings is 1. The van der Waals surface area contributed by atoms with Gasteiger partial charge in [0.05, 0.1) is 17.3 Å². The highest BCUT2D eigenvalue weighted by molar-refractivity contribution is 6.32. The number of nitrogens with zero attached hydrogens (tertiary/aromatic N) is 2. The molecule has 1 aromatic heterocycles. The van der Waals surface area contributed by atoms with Gasteiger partial charge < -0.3 is 4.74 Å². The van der Waals surface area contributed by atoms with Gasteiger partial charge in [0.15, 0.2) is 0 Å². The van der Waals surface area contributed by atoms with Crippen LogP contribution in [0, 0.1) is 5.82 Å². The molecule has 0 fully saturated rings. The number of hydrogen-bond acceptors (Lipinski definition) is 4. The van der Waals surface area contributed by atoms with E-state index in [1.165, 1.54) is 29.1 Å². The lowest BCUT2D eigenvalue weighted by molar-refractivity contribution is 0.0515. The summed E-state index contributed by atoms with van der Waals surface area (Å²) in [6.07, 6.45) is 1.34. The summed E-state index contributed by atoms with van der Waals surface area (Å²) < 4.78 is 19.0. The van der Waals surface area contributed by atoms with E-state index in [-0.39, 0.29) is 17.3 Å². The zero-order valence-electron chi connectivity index (χ0n) is 10.5. The van der Waals surface area contributed by atoms with Crippen molar-refractivity contribution in [3.63, 3.8) is 0 Å². The molecule has 2 aromatic rings. The van der Waals surface area contributed by atoms with Crippen LogP contribution in [0.15, 0.2) is 35.3 Å². The Hall–Kier alpha value is -2.21. The first-order valence-corrected chi connectivity index (χ1v) is 6.13. The summed E-state index contributed by atoms with van der Waals surface area (Å²) in [7, 11) is 0. The second kappa shape index (κ2) is 5.83. The third-order valence-electron chi connectivity index (χ3n) is 2.43. The zero-order valence-corrected chi connectivity index (χ0v) is 11.2. The Morgan fingerprint density at radius 2 is 2.20 bits per heavy atom. The van der Waals surface area contributed by atoms with E-state index in [2.05, 4.69) is 5.10 Å². The maximum absolute atomic E-state index is 13.0. The van der Waals surface area contributed by atoms with Crippen molar-refractivity contribution in [3.05, 3.63) is 57.2 Å². The maximum atomic E-state index is 13.0. The summed E-state index contributed by atoms with van der Waals surface area (Å²) >= 11 is 5.90. The topological polar surface area (TPSA) is 61.2 Å². The maximum Gasteiger partial charge on any atom is 0.362 e. The van der Waals surface area contributed by atoms with Gasteiger partial charge in [0.2, 0.25) is 11.1 Å². The van der Waals surface area contributed by atoms with E-state index < -0.39 is 17.2 Å². The first-order valence-electron chi connectivity index (χ1n) is 5.75. The van der Waals surface area contributed by atoms with E-state index >= 15 is 0 Å². The zero-order chi connectivity index (χ0) is 14.7. The lowest BCUT2D eigenvalue weighted by Crippen LogP contribution is -2.22. The van der Waals surface area contributed by atoms with Crippen molar-refractivity contribution in [2.24, 2.45) is 0 Å². The van der Waals surface area contributed by atoms with E-state index in [9.17, 15) is 14.0 Å². The molecule has 1 aromatic carbocycles. The van der Waals surface area contributed by atoms with Crippen molar-refractivity contribution < 1.29 is 13.9 Å². The SMILES string of the molecule is CCOC(=O)c1nn(-c2ccc(F)cc2Cl)ccc1=O. The molecular formula is C13H10ClFN2O3. The normalized spacial score (nSPS) is 10.3. The molecule has 20 heavy (non-hydrogen) atoms. The lowest BCUT2D eigenvalue weighted by Gasteiger charge is -2.08. The van der Waals surface area contributed by atoms with Gasteiger partial charge in [0, 0.05) is 12.3 Å². The Morgan fingerprint density at radius 3 is 2.85 bits per heavy atom. The van der Waals surface area contributed by atoms with E-state index in [1.54, 1.807) is 6.92 Å². The van der Waals surface area contributed by atoms with Crippen molar-refractivity contribution >= 4 is 17.6 Å². The van der Waals surface area contributed by atoms with Gasteiger partial charge in [-0.05, 0) is 25.1 Å². The molecule has 1 heterocycles. The van der Waals surface area contributed by atoms with E-state index in [0.717, 1.165) is 6.07 Å². The molecule has 0 saturated heterocycles. The third kappa shape index (κ3) is 2.85. The minimum atomic E-state index is -0.815. The molecule has 2 rings (SSSR count). The second-order valence-electron chi connectivity index (χ2n) is 3.79. The molecule has 0 atom stereocenters. The highest BCUT2D eigenvalue weighted by Crippen LogP contribution is 2.20. The van der Waals surface area contributed by atoms with Crippen LogP contribution in [-0.2, 0) is 4.74 Å². The van der Waals surface area contributed by atoms with Gasteiger partial charge in [-0.15, -0.1) is 0 Å². The molecule has 0 radical (unpaired) electrons. The fourth-order valence-electron chi connectivity index (χ4n) is 1.55. The molecule has 0 amide bonds. The van der Waals surface area contributed by atoms with Crippen LogP contribution in [0.4, 0.5) is 4.39 Å². The minimum absolute atomic E-state index is 0.107. The summed E-state index contributed by atoms with van der Waals surface area (Å²) in [5.74, 6) is -1.31. The van der Waals surface area contributed by atoms with E-state index in [1.807, 2.05) is 0 Å². The van der Waals surface area contributed by atoms with Crippen LogP contribution in [-0.4, -0.2) is 22.4 Å². The highest BCUT2D eigenvalue weighted by atomic mass is 35.5. The average Bonchev–Trinajstić information content (AvgIpc) is 2.40. The predicted molar refractivity (Wildman–Crippen MR) is 70.8 cm³/mol.